The van der Waals surface area contributed by atoms with Crippen molar-refractivity contribution in [1.29, 1.82) is 0 Å². The van der Waals surface area contributed by atoms with Crippen molar-refractivity contribution >= 4 is 17.7 Å². The van der Waals surface area contributed by atoms with Gasteiger partial charge in [-0.15, -0.1) is 0 Å². The van der Waals surface area contributed by atoms with Crippen molar-refractivity contribution in [2.45, 2.75) is 46.1 Å². The van der Waals surface area contributed by atoms with E-state index in [4.69, 9.17) is 4.74 Å². The van der Waals surface area contributed by atoms with Crippen LogP contribution in [0.3, 0.4) is 0 Å². The highest BCUT2D eigenvalue weighted by atomic mass is 16.5. The lowest BCUT2D eigenvalue weighted by Crippen LogP contribution is -2.43. The highest BCUT2D eigenvalue weighted by Crippen LogP contribution is 2.13. The molecule has 0 aromatic heterocycles. The third-order valence-corrected chi connectivity index (χ3v) is 4.65. The highest BCUT2D eigenvalue weighted by Gasteiger charge is 2.28. The molecule has 3 amide bonds. The zero-order chi connectivity index (χ0) is 20.5. The van der Waals surface area contributed by atoms with Crippen LogP contribution in [0.4, 0.5) is 0 Å². The van der Waals surface area contributed by atoms with Gasteiger partial charge in [-0.2, -0.15) is 0 Å². The molecule has 1 saturated heterocycles. The number of hydrogen-bond donors (Lipinski definition) is 2. The van der Waals surface area contributed by atoms with Crippen molar-refractivity contribution in [1.82, 2.24) is 15.5 Å². The van der Waals surface area contributed by atoms with E-state index in [1.54, 1.807) is 29.2 Å². The van der Waals surface area contributed by atoms with Crippen LogP contribution in [0.15, 0.2) is 24.3 Å². The quantitative estimate of drug-likeness (QED) is 0.632. The summed E-state index contributed by atoms with van der Waals surface area (Å²) in [4.78, 5) is 38.1. The topological polar surface area (TPSA) is 87.7 Å². The van der Waals surface area contributed by atoms with Crippen LogP contribution in [-0.2, 0) is 9.59 Å². The molecular formula is C21H31N3O4. The Bertz CT molecular complexity index is 673. The van der Waals surface area contributed by atoms with Crippen molar-refractivity contribution in [2.24, 2.45) is 5.92 Å². The monoisotopic (exact) mass is 389 g/mol. The first-order valence-electron chi connectivity index (χ1n) is 10.00. The molecule has 1 aliphatic heterocycles. The van der Waals surface area contributed by atoms with Crippen molar-refractivity contribution in [3.63, 3.8) is 0 Å². The van der Waals surface area contributed by atoms with E-state index in [1.807, 2.05) is 13.8 Å². The molecule has 0 radical (unpaired) electrons. The van der Waals surface area contributed by atoms with Crippen LogP contribution in [0.5, 0.6) is 5.75 Å². The van der Waals surface area contributed by atoms with Crippen LogP contribution >= 0.6 is 0 Å². The Hall–Kier alpha value is -2.57. The van der Waals surface area contributed by atoms with Gasteiger partial charge in [-0.3, -0.25) is 14.4 Å². The Labute approximate surface area is 166 Å². The summed E-state index contributed by atoms with van der Waals surface area (Å²) in [6.07, 6.45) is 2.79. The van der Waals surface area contributed by atoms with E-state index in [0.29, 0.717) is 25.3 Å². The van der Waals surface area contributed by atoms with Crippen LogP contribution in [0.2, 0.25) is 0 Å². The van der Waals surface area contributed by atoms with Gasteiger partial charge in [-0.25, -0.2) is 0 Å². The molecule has 1 unspecified atom stereocenters. The second kappa shape index (κ2) is 10.7. The Morgan fingerprint density at radius 3 is 2.57 bits per heavy atom. The molecule has 2 N–H and O–H groups in total. The van der Waals surface area contributed by atoms with Crippen molar-refractivity contribution < 1.29 is 19.1 Å². The van der Waals surface area contributed by atoms with Crippen LogP contribution in [0, 0.1) is 5.92 Å². The normalized spacial score (nSPS) is 16.1. The Morgan fingerprint density at radius 2 is 1.93 bits per heavy atom. The Morgan fingerprint density at radius 1 is 1.21 bits per heavy atom. The van der Waals surface area contributed by atoms with E-state index in [2.05, 4.69) is 17.6 Å². The predicted molar refractivity (Wildman–Crippen MR) is 107 cm³/mol. The van der Waals surface area contributed by atoms with Gasteiger partial charge in [0.1, 0.15) is 5.75 Å². The largest absolute Gasteiger partial charge is 0.494 e. The maximum atomic E-state index is 12.2. The number of nitrogens with zero attached hydrogens (tertiary/aromatic N) is 1. The molecule has 1 aromatic carbocycles. The van der Waals surface area contributed by atoms with Gasteiger partial charge >= 0.3 is 0 Å². The van der Waals surface area contributed by atoms with Gasteiger partial charge in [0.05, 0.1) is 13.2 Å². The summed E-state index contributed by atoms with van der Waals surface area (Å²) in [5.41, 5.74) is 0.477. The van der Waals surface area contributed by atoms with Crippen LogP contribution in [-0.4, -0.2) is 54.9 Å². The number of nitrogens with one attached hydrogen (secondary N) is 2. The summed E-state index contributed by atoms with van der Waals surface area (Å²) in [6.45, 7) is 7.57. The highest BCUT2D eigenvalue weighted by molar-refractivity contribution is 5.96. The summed E-state index contributed by atoms with van der Waals surface area (Å²) in [5, 5.41) is 5.50. The van der Waals surface area contributed by atoms with Crippen LogP contribution in [0.1, 0.15) is 50.4 Å². The number of unbranched alkanes of at least 4 members (excludes halogenated alkanes) is 1. The fourth-order valence-electron chi connectivity index (χ4n) is 3.02. The second-order valence-corrected chi connectivity index (χ2v) is 7.40. The molecule has 1 heterocycles. The minimum atomic E-state index is -0.307. The fraction of sp³-hybridized carbons (Fsp3) is 0.571. The Kier molecular flexibility index (Phi) is 8.29. The molecule has 7 heteroatoms. The van der Waals surface area contributed by atoms with Crippen LogP contribution in [0.25, 0.3) is 0 Å². The number of rotatable bonds is 9. The molecule has 0 saturated carbocycles. The standard InChI is InChI=1S/C21H31N3O4/c1-4-5-12-28-18-8-6-16(7-9-18)20(26)22-13-19(25)23-17-10-11-24(14-17)21(27)15(2)3/h6-9,15,17H,4-5,10-14H2,1-3H3,(H,22,26)(H,23,25). The molecule has 1 fully saturated rings. The number of likely N-dealkylation sites (tertiary alicyclic amines) is 1. The first-order chi connectivity index (χ1) is 13.4. The number of hydrogen-bond acceptors (Lipinski definition) is 4. The smallest absolute Gasteiger partial charge is 0.251 e. The summed E-state index contributed by atoms with van der Waals surface area (Å²) < 4.78 is 5.57. The number of amides is 3. The molecule has 0 bridgehead atoms. The SMILES string of the molecule is CCCCOc1ccc(C(=O)NCC(=O)NC2CCN(C(=O)C(C)C)C2)cc1. The van der Waals surface area contributed by atoms with Crippen LogP contribution < -0.4 is 15.4 Å². The van der Waals surface area contributed by atoms with Gasteiger partial charge < -0.3 is 20.3 Å². The third-order valence-electron chi connectivity index (χ3n) is 4.65. The maximum Gasteiger partial charge on any atom is 0.251 e. The van der Waals surface area contributed by atoms with Gasteiger partial charge in [0.15, 0.2) is 0 Å². The fourth-order valence-corrected chi connectivity index (χ4v) is 3.02. The zero-order valence-electron chi connectivity index (χ0n) is 17.0. The van der Waals surface area contributed by atoms with E-state index < -0.39 is 0 Å². The van der Waals surface area contributed by atoms with E-state index >= 15 is 0 Å². The zero-order valence-corrected chi connectivity index (χ0v) is 17.0. The van der Waals surface area contributed by atoms with E-state index in [0.717, 1.165) is 25.0 Å². The van der Waals surface area contributed by atoms with Gasteiger partial charge in [-0.1, -0.05) is 27.2 Å². The maximum absolute atomic E-state index is 12.2. The van der Waals surface area contributed by atoms with Gasteiger partial charge in [0.25, 0.3) is 5.91 Å². The molecule has 2 rings (SSSR count). The van der Waals surface area contributed by atoms with Gasteiger partial charge in [-0.05, 0) is 37.1 Å². The van der Waals surface area contributed by atoms with E-state index in [-0.39, 0.29) is 36.2 Å². The molecular weight excluding hydrogens is 358 g/mol. The number of carbonyl (C=O) groups excluding carboxylic acids is 3. The molecule has 1 aromatic rings. The predicted octanol–water partition coefficient (Wildman–Crippen LogP) is 1.97. The minimum Gasteiger partial charge on any atom is -0.494 e. The molecule has 0 aliphatic carbocycles. The Balaban J connectivity index is 1.72. The summed E-state index contributed by atoms with van der Waals surface area (Å²) in [5.74, 6) is 0.226. The molecule has 1 atom stereocenters. The number of ether oxygens (including phenoxy) is 1. The van der Waals surface area contributed by atoms with Crippen molar-refractivity contribution in [3.8, 4) is 5.75 Å². The van der Waals surface area contributed by atoms with Gasteiger partial charge in [0.2, 0.25) is 11.8 Å². The number of carbonyl (C=O) groups is 3. The molecule has 28 heavy (non-hydrogen) atoms. The van der Waals surface area contributed by atoms with E-state index in [1.165, 1.54) is 0 Å². The number of benzene rings is 1. The van der Waals surface area contributed by atoms with E-state index in [9.17, 15) is 14.4 Å². The van der Waals surface area contributed by atoms with Crippen molar-refractivity contribution in [3.05, 3.63) is 29.8 Å². The average molecular weight is 389 g/mol. The first-order valence-corrected chi connectivity index (χ1v) is 10.00. The third kappa shape index (κ3) is 6.55. The molecule has 7 nitrogen and oxygen atoms in total. The van der Waals surface area contributed by atoms with Gasteiger partial charge in [0, 0.05) is 30.6 Å². The molecule has 154 valence electrons. The summed E-state index contributed by atoms with van der Waals surface area (Å²) >= 11 is 0. The summed E-state index contributed by atoms with van der Waals surface area (Å²) in [6, 6.07) is 6.81. The summed E-state index contributed by atoms with van der Waals surface area (Å²) in [7, 11) is 0. The lowest BCUT2D eigenvalue weighted by atomic mass is 10.2. The minimum absolute atomic E-state index is 0.0443. The van der Waals surface area contributed by atoms with Crippen molar-refractivity contribution in [2.75, 3.05) is 26.2 Å². The second-order valence-electron chi connectivity index (χ2n) is 7.40. The lowest BCUT2D eigenvalue weighted by molar-refractivity contribution is -0.133. The molecule has 0 spiro atoms. The average Bonchev–Trinajstić information content (AvgIpc) is 3.14. The molecule has 1 aliphatic rings. The lowest BCUT2D eigenvalue weighted by Gasteiger charge is -2.19. The first kappa shape index (κ1) is 21.7.